The summed E-state index contributed by atoms with van der Waals surface area (Å²) in [5.41, 5.74) is 3.26. The van der Waals surface area contributed by atoms with E-state index >= 15 is 0 Å². The number of hydrogen-bond acceptors (Lipinski definition) is 6. The first-order valence-electron chi connectivity index (χ1n) is 10.4. The zero-order valence-electron chi connectivity index (χ0n) is 16.6. The van der Waals surface area contributed by atoms with Crippen LogP contribution in [0.15, 0.2) is 29.0 Å². The first-order chi connectivity index (χ1) is 14.7. The lowest BCUT2D eigenvalue weighted by Gasteiger charge is -2.35. The standard InChI is InChI=1S/C23H23N3OS3/c24-14-17-15-4-1-2-5-19(15)30-23(17)25-21(27)8-11-26-10-7-18-16(9-13-29-18)22(26)20-6-3-12-28-20/h3,6,9,12-13,22H,1-2,4-5,7-8,10-11H2,(H,25,27). The summed E-state index contributed by atoms with van der Waals surface area (Å²) in [7, 11) is 0. The lowest BCUT2D eigenvalue weighted by Crippen LogP contribution is -2.37. The van der Waals surface area contributed by atoms with Gasteiger partial charge in [-0.2, -0.15) is 5.26 Å². The highest BCUT2D eigenvalue weighted by atomic mass is 32.1. The SMILES string of the molecule is N#Cc1c(NC(=O)CCN2CCc3sccc3C2c2cccs2)sc2c1CCCC2. The number of hydrogen-bond donors (Lipinski definition) is 1. The fourth-order valence-corrected chi connectivity index (χ4v) is 7.63. The summed E-state index contributed by atoms with van der Waals surface area (Å²) in [6, 6.07) is 9.13. The molecule has 1 atom stereocenters. The molecule has 5 rings (SSSR count). The Balaban J connectivity index is 1.29. The topological polar surface area (TPSA) is 56.1 Å². The number of nitrogens with one attached hydrogen (secondary N) is 1. The van der Waals surface area contributed by atoms with Gasteiger partial charge in [-0.25, -0.2) is 0 Å². The van der Waals surface area contributed by atoms with Crippen LogP contribution in [0.3, 0.4) is 0 Å². The van der Waals surface area contributed by atoms with Crippen LogP contribution in [-0.4, -0.2) is 23.9 Å². The predicted octanol–water partition coefficient (Wildman–Crippen LogP) is 5.60. The average molecular weight is 454 g/mol. The molecule has 0 aromatic carbocycles. The normalized spacial score (nSPS) is 18.4. The summed E-state index contributed by atoms with van der Waals surface area (Å²) in [6.45, 7) is 1.69. The summed E-state index contributed by atoms with van der Waals surface area (Å²) in [4.78, 5) is 19.3. The van der Waals surface area contributed by atoms with Gasteiger partial charge in [0.05, 0.1) is 11.6 Å². The third kappa shape index (κ3) is 3.74. The summed E-state index contributed by atoms with van der Waals surface area (Å²) >= 11 is 5.23. The molecule has 3 aromatic heterocycles. The van der Waals surface area contributed by atoms with E-state index in [0.717, 1.165) is 43.8 Å². The molecule has 1 N–H and O–H groups in total. The van der Waals surface area contributed by atoms with E-state index in [0.29, 0.717) is 12.0 Å². The van der Waals surface area contributed by atoms with Gasteiger partial charge < -0.3 is 5.32 Å². The maximum Gasteiger partial charge on any atom is 0.226 e. The number of nitriles is 1. The molecule has 3 aromatic rings. The maximum absolute atomic E-state index is 12.8. The van der Waals surface area contributed by atoms with Crippen LogP contribution in [0.2, 0.25) is 0 Å². The van der Waals surface area contributed by atoms with Crippen molar-refractivity contribution in [2.75, 3.05) is 18.4 Å². The molecule has 154 valence electrons. The van der Waals surface area contributed by atoms with Gasteiger partial charge in [-0.05, 0) is 66.1 Å². The number of aryl methyl sites for hydroxylation is 1. The highest BCUT2D eigenvalue weighted by Crippen LogP contribution is 2.40. The quantitative estimate of drug-likeness (QED) is 0.547. The Morgan fingerprint density at radius 1 is 1.17 bits per heavy atom. The number of amides is 1. The van der Waals surface area contributed by atoms with Gasteiger partial charge in [-0.3, -0.25) is 9.69 Å². The van der Waals surface area contributed by atoms with Crippen molar-refractivity contribution in [3.63, 3.8) is 0 Å². The second-order valence-electron chi connectivity index (χ2n) is 7.83. The minimum absolute atomic E-state index is 0.00569. The van der Waals surface area contributed by atoms with Crippen LogP contribution >= 0.6 is 34.0 Å². The number of anilines is 1. The van der Waals surface area contributed by atoms with Crippen molar-refractivity contribution in [2.45, 2.75) is 44.6 Å². The predicted molar refractivity (Wildman–Crippen MR) is 125 cm³/mol. The molecule has 1 aliphatic carbocycles. The summed E-state index contributed by atoms with van der Waals surface area (Å²) in [6.07, 6.45) is 5.79. The molecule has 0 saturated carbocycles. The Morgan fingerprint density at radius 2 is 2.07 bits per heavy atom. The molecule has 0 fully saturated rings. The van der Waals surface area contributed by atoms with Gasteiger partial charge >= 0.3 is 0 Å². The second-order valence-corrected chi connectivity index (χ2v) is 10.9. The Bertz CT molecular complexity index is 1090. The number of fused-ring (bicyclic) bond motifs is 2. The van der Waals surface area contributed by atoms with Crippen molar-refractivity contribution in [2.24, 2.45) is 0 Å². The number of thiophene rings is 3. The van der Waals surface area contributed by atoms with Gasteiger partial charge in [0.25, 0.3) is 0 Å². The molecule has 0 saturated heterocycles. The second kappa shape index (κ2) is 8.64. The Kier molecular flexibility index (Phi) is 5.74. The van der Waals surface area contributed by atoms with Gasteiger partial charge in [-0.15, -0.1) is 34.0 Å². The number of nitrogens with zero attached hydrogens (tertiary/aromatic N) is 2. The molecule has 0 radical (unpaired) electrons. The molecule has 30 heavy (non-hydrogen) atoms. The van der Waals surface area contributed by atoms with Gasteiger partial charge in [0, 0.05) is 34.1 Å². The Morgan fingerprint density at radius 3 is 2.90 bits per heavy atom. The summed E-state index contributed by atoms with van der Waals surface area (Å²) in [5, 5.41) is 17.7. The molecule has 0 bridgehead atoms. The third-order valence-electron chi connectivity index (χ3n) is 6.04. The number of carbonyl (C=O) groups excluding carboxylic acids is 1. The minimum atomic E-state index is 0.00569. The van der Waals surface area contributed by atoms with Crippen molar-refractivity contribution < 1.29 is 4.79 Å². The van der Waals surface area contributed by atoms with Crippen molar-refractivity contribution in [3.8, 4) is 6.07 Å². The lowest BCUT2D eigenvalue weighted by atomic mass is 9.96. The number of rotatable bonds is 5. The molecule has 4 heterocycles. The van der Waals surface area contributed by atoms with Crippen molar-refractivity contribution >= 4 is 44.9 Å². The summed E-state index contributed by atoms with van der Waals surface area (Å²) in [5.74, 6) is 0.00569. The third-order valence-corrected chi connectivity index (χ3v) is 9.17. The smallest absolute Gasteiger partial charge is 0.226 e. The fourth-order valence-electron chi connectivity index (χ4n) is 4.60. The van der Waals surface area contributed by atoms with Crippen LogP contribution in [0, 0.1) is 11.3 Å². The largest absolute Gasteiger partial charge is 0.317 e. The van der Waals surface area contributed by atoms with E-state index in [1.54, 1.807) is 22.7 Å². The molecule has 1 unspecified atom stereocenters. The van der Waals surface area contributed by atoms with E-state index in [1.165, 1.54) is 32.2 Å². The van der Waals surface area contributed by atoms with E-state index < -0.39 is 0 Å². The van der Waals surface area contributed by atoms with Crippen molar-refractivity contribution in [1.82, 2.24) is 4.90 Å². The molecular weight excluding hydrogens is 430 g/mol. The van der Waals surface area contributed by atoms with Gasteiger partial charge in [0.2, 0.25) is 5.91 Å². The highest BCUT2D eigenvalue weighted by molar-refractivity contribution is 7.16. The monoisotopic (exact) mass is 453 g/mol. The Labute approximate surface area is 188 Å². The molecule has 1 aliphatic heterocycles. The van der Waals surface area contributed by atoms with Crippen LogP contribution < -0.4 is 5.32 Å². The molecule has 7 heteroatoms. The van der Waals surface area contributed by atoms with Gasteiger partial charge in [0.1, 0.15) is 11.1 Å². The Hall–Kier alpha value is -1.98. The van der Waals surface area contributed by atoms with E-state index in [1.807, 2.05) is 11.3 Å². The van der Waals surface area contributed by atoms with Crippen LogP contribution in [-0.2, 0) is 24.1 Å². The highest BCUT2D eigenvalue weighted by Gasteiger charge is 2.30. The molecular formula is C23H23N3OS3. The molecule has 4 nitrogen and oxygen atoms in total. The maximum atomic E-state index is 12.8. The first-order valence-corrected chi connectivity index (χ1v) is 13.0. The van der Waals surface area contributed by atoms with Gasteiger partial charge in [-0.1, -0.05) is 6.07 Å². The van der Waals surface area contributed by atoms with Crippen LogP contribution in [0.5, 0.6) is 0 Å². The zero-order valence-corrected chi connectivity index (χ0v) is 19.1. The first kappa shape index (κ1) is 20.0. The zero-order chi connectivity index (χ0) is 20.5. The van der Waals surface area contributed by atoms with E-state index in [-0.39, 0.29) is 11.9 Å². The lowest BCUT2D eigenvalue weighted by molar-refractivity contribution is -0.116. The van der Waals surface area contributed by atoms with E-state index in [9.17, 15) is 10.1 Å². The van der Waals surface area contributed by atoms with Gasteiger partial charge in [0.15, 0.2) is 0 Å². The molecule has 1 amide bonds. The van der Waals surface area contributed by atoms with E-state index in [4.69, 9.17) is 0 Å². The van der Waals surface area contributed by atoms with Crippen LogP contribution in [0.25, 0.3) is 0 Å². The minimum Gasteiger partial charge on any atom is -0.317 e. The fraction of sp³-hybridized carbons (Fsp3) is 0.391. The van der Waals surface area contributed by atoms with Crippen LogP contribution in [0.4, 0.5) is 5.00 Å². The van der Waals surface area contributed by atoms with Crippen molar-refractivity contribution in [3.05, 3.63) is 60.3 Å². The summed E-state index contributed by atoms with van der Waals surface area (Å²) < 4.78 is 0. The molecule has 2 aliphatic rings. The van der Waals surface area contributed by atoms with Crippen molar-refractivity contribution in [1.29, 1.82) is 5.26 Å². The van der Waals surface area contributed by atoms with E-state index in [2.05, 4.69) is 45.2 Å². The number of carbonyl (C=O) groups is 1. The average Bonchev–Trinajstić information content (AvgIpc) is 3.50. The van der Waals surface area contributed by atoms with Crippen LogP contribution in [0.1, 0.15) is 56.6 Å². The molecule has 0 spiro atoms.